The highest BCUT2D eigenvalue weighted by molar-refractivity contribution is 9.10. The van der Waals surface area contributed by atoms with E-state index in [1.54, 1.807) is 13.1 Å². The quantitative estimate of drug-likeness (QED) is 0.878. The van der Waals surface area contributed by atoms with E-state index in [-0.39, 0.29) is 5.97 Å². The molecule has 0 bridgehead atoms. The number of H-pyrrole nitrogens is 1. The maximum Gasteiger partial charge on any atom is 0.355 e. The van der Waals surface area contributed by atoms with Crippen LogP contribution < -0.4 is 0 Å². The summed E-state index contributed by atoms with van der Waals surface area (Å²) in [6.45, 7) is 2.15. The van der Waals surface area contributed by atoms with Crippen molar-refractivity contribution in [1.29, 1.82) is 0 Å². The van der Waals surface area contributed by atoms with Crippen molar-refractivity contribution in [3.63, 3.8) is 0 Å². The van der Waals surface area contributed by atoms with Gasteiger partial charge in [-0.05, 0) is 28.4 Å². The van der Waals surface area contributed by atoms with E-state index in [4.69, 9.17) is 4.74 Å². The molecule has 17 heavy (non-hydrogen) atoms. The van der Waals surface area contributed by atoms with Gasteiger partial charge in [-0.2, -0.15) is 0 Å². The Bertz CT molecular complexity index is 519. The van der Waals surface area contributed by atoms with Gasteiger partial charge in [-0.1, -0.05) is 30.3 Å². The number of hydrogen-bond acceptors (Lipinski definition) is 2. The van der Waals surface area contributed by atoms with E-state index in [9.17, 15) is 4.79 Å². The first-order valence-corrected chi connectivity index (χ1v) is 6.12. The van der Waals surface area contributed by atoms with Crippen LogP contribution in [0.5, 0.6) is 0 Å². The molecule has 2 rings (SSSR count). The van der Waals surface area contributed by atoms with Gasteiger partial charge in [0.2, 0.25) is 0 Å². The number of nitrogens with one attached hydrogen (secondary N) is 1. The number of rotatable bonds is 3. The van der Waals surface area contributed by atoms with Crippen LogP contribution >= 0.6 is 15.9 Å². The van der Waals surface area contributed by atoms with E-state index in [0.717, 1.165) is 15.6 Å². The zero-order chi connectivity index (χ0) is 12.3. The summed E-state index contributed by atoms with van der Waals surface area (Å²) in [7, 11) is 0. The maximum atomic E-state index is 11.8. The molecule has 0 fully saturated rings. The number of carbonyl (C=O) groups is 1. The van der Waals surface area contributed by atoms with Crippen LogP contribution in [-0.2, 0) is 4.74 Å². The topological polar surface area (TPSA) is 42.1 Å². The third kappa shape index (κ3) is 2.42. The van der Waals surface area contributed by atoms with Crippen LogP contribution in [0.25, 0.3) is 11.1 Å². The zero-order valence-corrected chi connectivity index (χ0v) is 11.0. The predicted molar refractivity (Wildman–Crippen MR) is 69.9 cm³/mol. The number of esters is 1. The monoisotopic (exact) mass is 293 g/mol. The van der Waals surface area contributed by atoms with E-state index in [2.05, 4.69) is 20.9 Å². The Morgan fingerprint density at radius 2 is 2.06 bits per heavy atom. The van der Waals surface area contributed by atoms with Crippen LogP contribution in [-0.4, -0.2) is 17.6 Å². The van der Waals surface area contributed by atoms with Crippen LogP contribution in [0.15, 0.2) is 41.0 Å². The van der Waals surface area contributed by atoms with E-state index in [0.29, 0.717) is 12.3 Å². The number of aromatic amines is 1. The van der Waals surface area contributed by atoms with Crippen LogP contribution in [0.2, 0.25) is 0 Å². The minimum absolute atomic E-state index is 0.336. The number of aromatic nitrogens is 1. The van der Waals surface area contributed by atoms with E-state index in [1.807, 2.05) is 30.3 Å². The molecule has 88 valence electrons. The molecule has 0 spiro atoms. The fourth-order valence-corrected chi connectivity index (χ4v) is 2.19. The molecule has 0 unspecified atom stereocenters. The van der Waals surface area contributed by atoms with Crippen molar-refractivity contribution in [1.82, 2.24) is 4.98 Å². The molecule has 2 aromatic rings. The summed E-state index contributed by atoms with van der Waals surface area (Å²) < 4.78 is 5.87. The second-order valence-electron chi connectivity index (χ2n) is 3.47. The van der Waals surface area contributed by atoms with Crippen molar-refractivity contribution in [3.8, 4) is 11.1 Å². The second-order valence-corrected chi connectivity index (χ2v) is 4.33. The first-order chi connectivity index (χ1) is 8.24. The minimum atomic E-state index is -0.336. The molecule has 0 aliphatic heterocycles. The van der Waals surface area contributed by atoms with Gasteiger partial charge in [-0.15, -0.1) is 0 Å². The third-order valence-electron chi connectivity index (χ3n) is 2.37. The molecule has 1 N–H and O–H groups in total. The molecule has 0 radical (unpaired) electrons. The maximum absolute atomic E-state index is 11.8. The summed E-state index contributed by atoms with van der Waals surface area (Å²) in [4.78, 5) is 14.7. The van der Waals surface area contributed by atoms with Gasteiger partial charge in [-0.25, -0.2) is 4.79 Å². The number of ether oxygens (including phenoxy) is 1. The van der Waals surface area contributed by atoms with Gasteiger partial charge < -0.3 is 9.72 Å². The van der Waals surface area contributed by atoms with Gasteiger partial charge in [0, 0.05) is 16.2 Å². The van der Waals surface area contributed by atoms with Gasteiger partial charge in [0.05, 0.1) is 6.61 Å². The minimum Gasteiger partial charge on any atom is -0.461 e. The highest BCUT2D eigenvalue weighted by Gasteiger charge is 2.18. The Morgan fingerprint density at radius 3 is 2.71 bits per heavy atom. The molecular weight excluding hydrogens is 282 g/mol. The third-order valence-corrected chi connectivity index (χ3v) is 3.00. The number of halogens is 1. The predicted octanol–water partition coefficient (Wildman–Crippen LogP) is 3.62. The summed E-state index contributed by atoms with van der Waals surface area (Å²) in [6.07, 6.45) is 1.74. The summed E-state index contributed by atoms with van der Waals surface area (Å²) in [5.41, 5.74) is 2.29. The molecule has 0 aliphatic carbocycles. The van der Waals surface area contributed by atoms with Crippen molar-refractivity contribution in [3.05, 3.63) is 46.7 Å². The number of benzene rings is 1. The fourth-order valence-electron chi connectivity index (χ4n) is 1.65. The number of hydrogen-bond donors (Lipinski definition) is 1. The smallest absolute Gasteiger partial charge is 0.355 e. The van der Waals surface area contributed by atoms with E-state index in [1.165, 1.54) is 0 Å². The van der Waals surface area contributed by atoms with E-state index < -0.39 is 0 Å². The van der Waals surface area contributed by atoms with Crippen molar-refractivity contribution in [2.24, 2.45) is 0 Å². The average Bonchev–Trinajstić information content (AvgIpc) is 2.73. The van der Waals surface area contributed by atoms with Crippen LogP contribution in [0.1, 0.15) is 17.4 Å². The Hall–Kier alpha value is -1.55. The lowest BCUT2D eigenvalue weighted by atomic mass is 10.1. The first kappa shape index (κ1) is 11.9. The highest BCUT2D eigenvalue weighted by atomic mass is 79.9. The lowest BCUT2D eigenvalue weighted by Crippen LogP contribution is -2.06. The van der Waals surface area contributed by atoms with Crippen molar-refractivity contribution in [2.75, 3.05) is 6.61 Å². The SMILES string of the molecule is CCOC(=O)c1[nH]cc(Br)c1-c1ccccc1. The van der Waals surface area contributed by atoms with Crippen molar-refractivity contribution in [2.45, 2.75) is 6.92 Å². The molecule has 0 saturated heterocycles. The highest BCUT2D eigenvalue weighted by Crippen LogP contribution is 2.31. The first-order valence-electron chi connectivity index (χ1n) is 5.33. The summed E-state index contributed by atoms with van der Waals surface area (Å²) in [5.74, 6) is -0.336. The molecule has 1 aromatic carbocycles. The Morgan fingerprint density at radius 1 is 1.35 bits per heavy atom. The lowest BCUT2D eigenvalue weighted by molar-refractivity contribution is 0.0521. The van der Waals surface area contributed by atoms with Crippen LogP contribution in [0, 0.1) is 0 Å². The molecule has 1 aromatic heterocycles. The van der Waals surface area contributed by atoms with Gasteiger partial charge >= 0.3 is 5.97 Å². The molecule has 0 atom stereocenters. The van der Waals surface area contributed by atoms with Gasteiger partial charge in [0.25, 0.3) is 0 Å². The normalized spacial score (nSPS) is 10.2. The second kappa shape index (κ2) is 5.19. The Kier molecular flexibility index (Phi) is 3.64. The van der Waals surface area contributed by atoms with Gasteiger partial charge in [-0.3, -0.25) is 0 Å². The van der Waals surface area contributed by atoms with Gasteiger partial charge in [0.15, 0.2) is 0 Å². The lowest BCUT2D eigenvalue weighted by Gasteiger charge is -2.04. The Labute approximate surface area is 108 Å². The van der Waals surface area contributed by atoms with Crippen LogP contribution in [0.3, 0.4) is 0 Å². The molecule has 0 saturated carbocycles. The molecule has 0 amide bonds. The summed E-state index contributed by atoms with van der Waals surface area (Å²) >= 11 is 3.43. The molecule has 0 aliphatic rings. The molecule has 4 heteroatoms. The van der Waals surface area contributed by atoms with Crippen molar-refractivity contribution < 1.29 is 9.53 Å². The largest absolute Gasteiger partial charge is 0.461 e. The standard InChI is InChI=1S/C13H12BrNO2/c1-2-17-13(16)12-11(10(14)8-15-12)9-6-4-3-5-7-9/h3-8,15H,2H2,1H3. The Balaban J connectivity index is 2.47. The number of carbonyl (C=O) groups excluding carboxylic acids is 1. The summed E-state index contributed by atoms with van der Waals surface area (Å²) in [5, 5.41) is 0. The summed E-state index contributed by atoms with van der Waals surface area (Å²) in [6, 6.07) is 9.72. The van der Waals surface area contributed by atoms with Crippen molar-refractivity contribution >= 4 is 21.9 Å². The van der Waals surface area contributed by atoms with E-state index >= 15 is 0 Å². The van der Waals surface area contributed by atoms with Crippen LogP contribution in [0.4, 0.5) is 0 Å². The average molecular weight is 294 g/mol. The van der Waals surface area contributed by atoms with Gasteiger partial charge in [0.1, 0.15) is 5.69 Å². The fraction of sp³-hybridized carbons (Fsp3) is 0.154. The zero-order valence-electron chi connectivity index (χ0n) is 9.37. The molecule has 3 nitrogen and oxygen atoms in total. The molecular formula is C13H12BrNO2. The molecule has 1 heterocycles.